The molecule has 4 aromatic rings. The molecule has 1 heterocycles. The lowest BCUT2D eigenvalue weighted by Crippen LogP contribution is -2.13. The van der Waals surface area contributed by atoms with Gasteiger partial charge in [-0.15, -0.1) is 0 Å². The molecule has 0 fully saturated rings. The molecule has 0 atom stereocenters. The number of carbonyl (C=O) groups excluding carboxylic acids is 1. The Labute approximate surface area is 180 Å². The Balaban J connectivity index is 1.50. The SMILES string of the molecule is CN(C)c1ccc(C(=O)Nc2ccc3nc(-c4ccc(OCCO)cc4)[nH]c3c2)cc1. The van der Waals surface area contributed by atoms with Crippen LogP contribution >= 0.6 is 0 Å². The Morgan fingerprint density at radius 1 is 1.06 bits per heavy atom. The molecule has 0 radical (unpaired) electrons. The predicted octanol–water partition coefficient (Wildman–Crippen LogP) is 3.92. The van der Waals surface area contributed by atoms with Crippen LogP contribution in [0.1, 0.15) is 10.4 Å². The number of aliphatic hydroxyl groups is 1. The molecular formula is C24H24N4O3. The molecule has 0 unspecified atom stereocenters. The molecule has 1 amide bonds. The zero-order valence-electron chi connectivity index (χ0n) is 17.4. The van der Waals surface area contributed by atoms with Gasteiger partial charge in [-0.3, -0.25) is 4.79 Å². The maximum absolute atomic E-state index is 12.6. The number of nitrogens with zero attached hydrogens (tertiary/aromatic N) is 2. The van der Waals surface area contributed by atoms with Crippen LogP contribution in [0, 0.1) is 0 Å². The number of imidazole rings is 1. The van der Waals surface area contributed by atoms with Gasteiger partial charge in [0.15, 0.2) is 0 Å². The Hall–Kier alpha value is -3.84. The molecule has 7 nitrogen and oxygen atoms in total. The first-order valence-electron chi connectivity index (χ1n) is 9.96. The van der Waals surface area contributed by atoms with Crippen LogP contribution in [0.25, 0.3) is 22.4 Å². The van der Waals surface area contributed by atoms with Crippen LogP contribution in [0.15, 0.2) is 66.7 Å². The summed E-state index contributed by atoms with van der Waals surface area (Å²) in [6, 6.07) is 20.5. The quantitative estimate of drug-likeness (QED) is 0.425. The fourth-order valence-electron chi connectivity index (χ4n) is 3.21. The molecule has 1 aromatic heterocycles. The Morgan fingerprint density at radius 2 is 1.81 bits per heavy atom. The first kappa shape index (κ1) is 20.4. The molecule has 31 heavy (non-hydrogen) atoms. The topological polar surface area (TPSA) is 90.5 Å². The monoisotopic (exact) mass is 416 g/mol. The number of fused-ring (bicyclic) bond motifs is 1. The van der Waals surface area contributed by atoms with Gasteiger partial charge in [-0.1, -0.05) is 0 Å². The lowest BCUT2D eigenvalue weighted by molar-refractivity contribution is 0.102. The minimum absolute atomic E-state index is 0.0222. The van der Waals surface area contributed by atoms with E-state index in [1.54, 1.807) is 0 Å². The number of carbonyl (C=O) groups is 1. The summed E-state index contributed by atoms with van der Waals surface area (Å²) in [6.07, 6.45) is 0. The van der Waals surface area contributed by atoms with E-state index in [4.69, 9.17) is 9.84 Å². The highest BCUT2D eigenvalue weighted by Crippen LogP contribution is 2.25. The van der Waals surface area contributed by atoms with E-state index in [2.05, 4.69) is 15.3 Å². The minimum atomic E-state index is -0.164. The number of aliphatic hydroxyl groups excluding tert-OH is 1. The van der Waals surface area contributed by atoms with Gasteiger partial charge < -0.3 is 25.0 Å². The molecule has 0 spiro atoms. The maximum Gasteiger partial charge on any atom is 0.255 e. The first-order valence-corrected chi connectivity index (χ1v) is 9.96. The van der Waals surface area contributed by atoms with Gasteiger partial charge in [0.05, 0.1) is 17.6 Å². The number of H-pyrrole nitrogens is 1. The van der Waals surface area contributed by atoms with Crippen molar-refractivity contribution in [2.24, 2.45) is 0 Å². The summed E-state index contributed by atoms with van der Waals surface area (Å²) in [4.78, 5) is 22.5. The van der Waals surface area contributed by atoms with E-state index < -0.39 is 0 Å². The summed E-state index contributed by atoms with van der Waals surface area (Å²) in [7, 11) is 3.92. The number of aromatic nitrogens is 2. The molecule has 0 saturated carbocycles. The van der Waals surface area contributed by atoms with E-state index in [1.807, 2.05) is 85.7 Å². The average molecular weight is 416 g/mol. The number of ether oxygens (including phenoxy) is 1. The second-order valence-corrected chi connectivity index (χ2v) is 7.31. The summed E-state index contributed by atoms with van der Waals surface area (Å²) >= 11 is 0. The lowest BCUT2D eigenvalue weighted by atomic mass is 10.2. The summed E-state index contributed by atoms with van der Waals surface area (Å²) in [6.45, 7) is 0.240. The van der Waals surface area contributed by atoms with Gasteiger partial charge in [0, 0.05) is 36.6 Å². The van der Waals surface area contributed by atoms with Gasteiger partial charge in [-0.05, 0) is 66.7 Å². The summed E-state index contributed by atoms with van der Waals surface area (Å²) in [5.41, 5.74) is 4.88. The number of hydrogen-bond donors (Lipinski definition) is 3. The molecule has 3 N–H and O–H groups in total. The standard InChI is InChI=1S/C24H24N4O3/c1-28(2)19-8-3-17(4-9-19)24(30)25-18-7-12-21-22(15-18)27-23(26-21)16-5-10-20(11-6-16)31-14-13-29/h3-12,15,29H,13-14H2,1-2H3,(H,25,30)(H,26,27). The number of nitrogens with one attached hydrogen (secondary N) is 2. The van der Waals surface area contributed by atoms with Gasteiger partial charge in [0.2, 0.25) is 0 Å². The van der Waals surface area contributed by atoms with E-state index in [0.29, 0.717) is 17.0 Å². The average Bonchev–Trinajstić information content (AvgIpc) is 3.21. The third kappa shape index (κ3) is 4.67. The van der Waals surface area contributed by atoms with Crippen molar-refractivity contribution < 1.29 is 14.6 Å². The Morgan fingerprint density at radius 3 is 2.48 bits per heavy atom. The van der Waals surface area contributed by atoms with E-state index >= 15 is 0 Å². The van der Waals surface area contributed by atoms with E-state index in [0.717, 1.165) is 28.1 Å². The molecule has 7 heteroatoms. The van der Waals surface area contributed by atoms with Crippen molar-refractivity contribution in [3.63, 3.8) is 0 Å². The highest BCUT2D eigenvalue weighted by Gasteiger charge is 2.10. The number of amides is 1. The number of benzene rings is 3. The molecule has 0 saturated heterocycles. The molecule has 0 aliphatic carbocycles. The molecule has 158 valence electrons. The van der Waals surface area contributed by atoms with Crippen LogP contribution in [-0.2, 0) is 0 Å². The molecule has 4 rings (SSSR count). The van der Waals surface area contributed by atoms with E-state index in [9.17, 15) is 4.79 Å². The third-order valence-electron chi connectivity index (χ3n) is 4.87. The molecule has 3 aromatic carbocycles. The van der Waals surface area contributed by atoms with Crippen LogP contribution in [0.5, 0.6) is 5.75 Å². The summed E-state index contributed by atoms with van der Waals surface area (Å²) in [5, 5.41) is 11.8. The number of aromatic amines is 1. The zero-order chi connectivity index (χ0) is 21.8. The van der Waals surface area contributed by atoms with Crippen LogP contribution in [0.2, 0.25) is 0 Å². The first-order chi connectivity index (χ1) is 15.0. The Kier molecular flexibility index (Phi) is 5.86. The van der Waals surface area contributed by atoms with Gasteiger partial charge in [-0.2, -0.15) is 0 Å². The smallest absolute Gasteiger partial charge is 0.255 e. The van der Waals surface area contributed by atoms with Crippen molar-refractivity contribution >= 4 is 28.3 Å². The second kappa shape index (κ2) is 8.89. The van der Waals surface area contributed by atoms with Crippen LogP contribution < -0.4 is 15.0 Å². The van der Waals surface area contributed by atoms with Gasteiger partial charge in [-0.25, -0.2) is 4.98 Å². The fourth-order valence-corrected chi connectivity index (χ4v) is 3.21. The van der Waals surface area contributed by atoms with Crippen molar-refractivity contribution in [1.82, 2.24) is 9.97 Å². The highest BCUT2D eigenvalue weighted by molar-refractivity contribution is 6.05. The summed E-state index contributed by atoms with van der Waals surface area (Å²) < 4.78 is 5.39. The maximum atomic E-state index is 12.6. The predicted molar refractivity (Wildman–Crippen MR) is 123 cm³/mol. The van der Waals surface area contributed by atoms with Crippen LogP contribution in [-0.4, -0.2) is 48.3 Å². The summed E-state index contributed by atoms with van der Waals surface area (Å²) in [5.74, 6) is 1.26. The van der Waals surface area contributed by atoms with Crippen LogP contribution in [0.3, 0.4) is 0 Å². The largest absolute Gasteiger partial charge is 0.491 e. The van der Waals surface area contributed by atoms with E-state index in [-0.39, 0.29) is 19.1 Å². The minimum Gasteiger partial charge on any atom is -0.491 e. The molecule has 0 aliphatic heterocycles. The van der Waals surface area contributed by atoms with Crippen LogP contribution in [0.4, 0.5) is 11.4 Å². The van der Waals surface area contributed by atoms with Gasteiger partial charge in [0.25, 0.3) is 5.91 Å². The van der Waals surface area contributed by atoms with Gasteiger partial charge >= 0.3 is 0 Å². The van der Waals surface area contributed by atoms with E-state index in [1.165, 1.54) is 0 Å². The van der Waals surface area contributed by atoms with Gasteiger partial charge in [0.1, 0.15) is 18.2 Å². The van der Waals surface area contributed by atoms with Crippen molar-refractivity contribution in [2.75, 3.05) is 37.5 Å². The Bertz CT molecular complexity index is 1180. The fraction of sp³-hybridized carbons (Fsp3) is 0.167. The molecule has 0 bridgehead atoms. The number of hydrogen-bond acceptors (Lipinski definition) is 5. The van der Waals surface area contributed by atoms with Crippen molar-refractivity contribution in [3.8, 4) is 17.1 Å². The molecule has 0 aliphatic rings. The highest BCUT2D eigenvalue weighted by atomic mass is 16.5. The second-order valence-electron chi connectivity index (χ2n) is 7.31. The van der Waals surface area contributed by atoms with Crippen molar-refractivity contribution in [2.45, 2.75) is 0 Å². The normalized spacial score (nSPS) is 10.8. The molecular weight excluding hydrogens is 392 g/mol. The number of anilines is 2. The zero-order valence-corrected chi connectivity index (χ0v) is 17.4. The van der Waals surface area contributed by atoms with Crippen molar-refractivity contribution in [3.05, 3.63) is 72.3 Å². The lowest BCUT2D eigenvalue weighted by Gasteiger charge is -2.12. The third-order valence-corrected chi connectivity index (χ3v) is 4.87. The number of rotatable bonds is 7. The van der Waals surface area contributed by atoms with Crippen molar-refractivity contribution in [1.29, 1.82) is 0 Å².